The SMILES string of the molecule is CN=C(NCCCc1ccc(O)cc1)NCCCn1nc(C)cc1C. The number of aromatic nitrogens is 2. The van der Waals surface area contributed by atoms with Gasteiger partial charge in [0.1, 0.15) is 5.75 Å². The van der Waals surface area contributed by atoms with E-state index in [2.05, 4.69) is 33.7 Å². The Morgan fingerprint density at radius 2 is 1.80 bits per heavy atom. The number of aryl methyl sites for hydroxylation is 4. The zero-order valence-electron chi connectivity index (χ0n) is 15.4. The maximum Gasteiger partial charge on any atom is 0.190 e. The predicted octanol–water partition coefficient (Wildman–Crippen LogP) is 2.39. The second kappa shape index (κ2) is 9.71. The van der Waals surface area contributed by atoms with Crippen LogP contribution in [0.4, 0.5) is 0 Å². The van der Waals surface area contributed by atoms with Crippen LogP contribution in [0.5, 0.6) is 5.75 Å². The summed E-state index contributed by atoms with van der Waals surface area (Å²) in [6, 6.07) is 9.48. The molecule has 0 unspecified atom stereocenters. The number of benzene rings is 1. The third-order valence-corrected chi connectivity index (χ3v) is 4.04. The first kappa shape index (κ1) is 18.8. The fourth-order valence-electron chi connectivity index (χ4n) is 2.72. The Balaban J connectivity index is 1.60. The molecule has 0 aliphatic rings. The standard InChI is InChI=1S/C19H29N5O/c1-15-14-16(2)24(23-15)13-5-12-22-19(20-3)21-11-4-6-17-7-9-18(25)10-8-17/h7-10,14,25H,4-6,11-13H2,1-3H3,(H2,20,21,22). The predicted molar refractivity (Wildman–Crippen MR) is 102 cm³/mol. The van der Waals surface area contributed by atoms with E-state index in [4.69, 9.17) is 0 Å². The van der Waals surface area contributed by atoms with Crippen LogP contribution in [0.15, 0.2) is 35.3 Å². The Kier molecular flexibility index (Phi) is 7.32. The summed E-state index contributed by atoms with van der Waals surface area (Å²) in [5.41, 5.74) is 3.50. The summed E-state index contributed by atoms with van der Waals surface area (Å²) in [5.74, 6) is 1.14. The molecule has 25 heavy (non-hydrogen) atoms. The van der Waals surface area contributed by atoms with Gasteiger partial charge in [-0.3, -0.25) is 9.67 Å². The van der Waals surface area contributed by atoms with E-state index in [-0.39, 0.29) is 0 Å². The summed E-state index contributed by atoms with van der Waals surface area (Å²) in [6.07, 6.45) is 2.98. The van der Waals surface area contributed by atoms with Gasteiger partial charge in [0.15, 0.2) is 5.96 Å². The van der Waals surface area contributed by atoms with Gasteiger partial charge in [-0.05, 0) is 56.9 Å². The van der Waals surface area contributed by atoms with Crippen molar-refractivity contribution in [2.45, 2.75) is 39.7 Å². The first-order valence-electron chi connectivity index (χ1n) is 8.82. The quantitative estimate of drug-likeness (QED) is 0.391. The Morgan fingerprint density at radius 1 is 1.12 bits per heavy atom. The van der Waals surface area contributed by atoms with Gasteiger partial charge in [0.2, 0.25) is 0 Å². The van der Waals surface area contributed by atoms with E-state index in [0.29, 0.717) is 5.75 Å². The van der Waals surface area contributed by atoms with E-state index in [9.17, 15) is 5.11 Å². The Labute approximate surface area is 150 Å². The molecule has 0 spiro atoms. The molecule has 0 saturated carbocycles. The minimum absolute atomic E-state index is 0.312. The molecule has 3 N–H and O–H groups in total. The number of nitrogens with one attached hydrogen (secondary N) is 2. The molecule has 1 heterocycles. The first-order chi connectivity index (χ1) is 12.1. The number of rotatable bonds is 8. The van der Waals surface area contributed by atoms with E-state index in [1.54, 1.807) is 19.2 Å². The van der Waals surface area contributed by atoms with E-state index in [0.717, 1.165) is 50.6 Å². The van der Waals surface area contributed by atoms with Gasteiger partial charge in [-0.25, -0.2) is 0 Å². The fraction of sp³-hybridized carbons (Fsp3) is 0.474. The number of hydrogen-bond donors (Lipinski definition) is 3. The fourth-order valence-corrected chi connectivity index (χ4v) is 2.72. The zero-order chi connectivity index (χ0) is 18.1. The average Bonchev–Trinajstić information content (AvgIpc) is 2.92. The molecule has 0 amide bonds. The maximum absolute atomic E-state index is 9.28. The van der Waals surface area contributed by atoms with E-state index in [1.807, 2.05) is 23.7 Å². The van der Waals surface area contributed by atoms with Gasteiger partial charge in [-0.2, -0.15) is 5.10 Å². The minimum atomic E-state index is 0.312. The summed E-state index contributed by atoms with van der Waals surface area (Å²) in [6.45, 7) is 6.73. The first-order valence-corrected chi connectivity index (χ1v) is 8.82. The number of aliphatic imine (C=N–C) groups is 1. The topological polar surface area (TPSA) is 74.5 Å². The summed E-state index contributed by atoms with van der Waals surface area (Å²) in [5, 5.41) is 20.4. The lowest BCUT2D eigenvalue weighted by Crippen LogP contribution is -2.38. The highest BCUT2D eigenvalue weighted by molar-refractivity contribution is 5.79. The molecule has 2 aromatic rings. The molecule has 0 radical (unpaired) electrons. The van der Waals surface area contributed by atoms with E-state index < -0.39 is 0 Å². The van der Waals surface area contributed by atoms with Crippen LogP contribution in [-0.4, -0.2) is 41.0 Å². The smallest absolute Gasteiger partial charge is 0.190 e. The normalized spacial score (nSPS) is 11.6. The molecular weight excluding hydrogens is 314 g/mol. The van der Waals surface area contributed by atoms with Crippen molar-refractivity contribution < 1.29 is 5.11 Å². The summed E-state index contributed by atoms with van der Waals surface area (Å²) in [7, 11) is 1.79. The van der Waals surface area contributed by atoms with Gasteiger partial charge in [0.05, 0.1) is 5.69 Å². The van der Waals surface area contributed by atoms with Crippen LogP contribution < -0.4 is 10.6 Å². The minimum Gasteiger partial charge on any atom is -0.508 e. The molecule has 1 aromatic carbocycles. The molecule has 6 heteroatoms. The Hall–Kier alpha value is -2.50. The van der Waals surface area contributed by atoms with Crippen LogP contribution in [0.2, 0.25) is 0 Å². The highest BCUT2D eigenvalue weighted by Gasteiger charge is 2.01. The van der Waals surface area contributed by atoms with Crippen molar-refractivity contribution in [3.63, 3.8) is 0 Å². The molecule has 0 saturated heterocycles. The van der Waals surface area contributed by atoms with Crippen LogP contribution in [0.3, 0.4) is 0 Å². The zero-order valence-corrected chi connectivity index (χ0v) is 15.4. The third kappa shape index (κ3) is 6.49. The molecule has 1 aromatic heterocycles. The maximum atomic E-state index is 9.28. The van der Waals surface area contributed by atoms with Gasteiger partial charge < -0.3 is 15.7 Å². The number of aromatic hydroxyl groups is 1. The van der Waals surface area contributed by atoms with Gasteiger partial charge >= 0.3 is 0 Å². The molecule has 0 aliphatic heterocycles. The van der Waals surface area contributed by atoms with Gasteiger partial charge in [-0.1, -0.05) is 12.1 Å². The van der Waals surface area contributed by atoms with Gasteiger partial charge in [0.25, 0.3) is 0 Å². The van der Waals surface area contributed by atoms with Crippen molar-refractivity contribution >= 4 is 5.96 Å². The Bertz CT molecular complexity index is 676. The highest BCUT2D eigenvalue weighted by atomic mass is 16.3. The number of phenols is 1. The van der Waals surface area contributed by atoms with Gasteiger partial charge in [-0.15, -0.1) is 0 Å². The summed E-state index contributed by atoms with van der Waals surface area (Å²) in [4.78, 5) is 4.25. The van der Waals surface area contributed by atoms with Crippen molar-refractivity contribution in [1.82, 2.24) is 20.4 Å². The lowest BCUT2D eigenvalue weighted by Gasteiger charge is -2.12. The average molecular weight is 343 g/mol. The highest BCUT2D eigenvalue weighted by Crippen LogP contribution is 2.10. The molecular formula is C19H29N5O. The molecule has 136 valence electrons. The molecule has 0 fully saturated rings. The number of hydrogen-bond acceptors (Lipinski definition) is 3. The second-order valence-electron chi connectivity index (χ2n) is 6.20. The lowest BCUT2D eigenvalue weighted by molar-refractivity contribution is 0.475. The van der Waals surface area contributed by atoms with Crippen LogP contribution >= 0.6 is 0 Å². The van der Waals surface area contributed by atoms with Crippen molar-refractivity contribution in [1.29, 1.82) is 0 Å². The van der Waals surface area contributed by atoms with Crippen molar-refractivity contribution in [2.24, 2.45) is 4.99 Å². The van der Waals surface area contributed by atoms with Crippen LogP contribution in [0.25, 0.3) is 0 Å². The van der Waals surface area contributed by atoms with E-state index >= 15 is 0 Å². The number of nitrogens with zero attached hydrogens (tertiary/aromatic N) is 3. The summed E-state index contributed by atoms with van der Waals surface area (Å²) >= 11 is 0. The Morgan fingerprint density at radius 3 is 2.40 bits per heavy atom. The number of guanidine groups is 1. The van der Waals surface area contributed by atoms with Crippen molar-refractivity contribution in [2.75, 3.05) is 20.1 Å². The molecule has 0 bridgehead atoms. The van der Waals surface area contributed by atoms with Crippen LogP contribution in [-0.2, 0) is 13.0 Å². The largest absolute Gasteiger partial charge is 0.508 e. The molecule has 6 nitrogen and oxygen atoms in total. The van der Waals surface area contributed by atoms with Crippen molar-refractivity contribution in [3.8, 4) is 5.75 Å². The molecule has 0 atom stereocenters. The van der Waals surface area contributed by atoms with E-state index in [1.165, 1.54) is 11.3 Å². The van der Waals surface area contributed by atoms with Crippen molar-refractivity contribution in [3.05, 3.63) is 47.3 Å². The second-order valence-corrected chi connectivity index (χ2v) is 6.20. The van der Waals surface area contributed by atoms with Crippen LogP contribution in [0.1, 0.15) is 29.8 Å². The van der Waals surface area contributed by atoms with Gasteiger partial charge in [0, 0.05) is 32.4 Å². The summed E-state index contributed by atoms with van der Waals surface area (Å²) < 4.78 is 2.05. The molecule has 0 aliphatic carbocycles. The lowest BCUT2D eigenvalue weighted by atomic mass is 10.1. The van der Waals surface area contributed by atoms with Crippen LogP contribution in [0, 0.1) is 13.8 Å². The monoisotopic (exact) mass is 343 g/mol. The molecule has 2 rings (SSSR count). The number of phenolic OH excluding ortho intramolecular Hbond substituents is 1. The third-order valence-electron chi connectivity index (χ3n) is 4.04.